The Bertz CT molecular complexity index is 751. The van der Waals surface area contributed by atoms with E-state index in [0.29, 0.717) is 18.2 Å². The molecule has 2 N–H and O–H groups in total. The van der Waals surface area contributed by atoms with Crippen LogP contribution in [0.25, 0.3) is 10.9 Å². The third-order valence-electron chi connectivity index (χ3n) is 3.26. The van der Waals surface area contributed by atoms with E-state index in [1.54, 1.807) is 6.20 Å². The molecule has 108 valence electrons. The van der Waals surface area contributed by atoms with Crippen molar-refractivity contribution in [2.45, 2.75) is 26.4 Å². The molecule has 5 nitrogen and oxygen atoms in total. The van der Waals surface area contributed by atoms with E-state index < -0.39 is 0 Å². The predicted molar refractivity (Wildman–Crippen MR) is 82.2 cm³/mol. The minimum Gasteiger partial charge on any atom is -0.435 e. The Kier molecular flexibility index (Phi) is 3.83. The number of pyridine rings is 1. The van der Waals surface area contributed by atoms with E-state index in [1.807, 2.05) is 41.2 Å². The molecule has 3 aromatic rings. The van der Waals surface area contributed by atoms with Crippen LogP contribution in [0.3, 0.4) is 0 Å². The molecule has 0 spiro atoms. The van der Waals surface area contributed by atoms with Crippen LogP contribution in [0.15, 0.2) is 42.7 Å². The van der Waals surface area contributed by atoms with E-state index in [9.17, 15) is 0 Å². The summed E-state index contributed by atoms with van der Waals surface area (Å²) >= 11 is 0. The van der Waals surface area contributed by atoms with Crippen molar-refractivity contribution >= 4 is 10.9 Å². The summed E-state index contributed by atoms with van der Waals surface area (Å²) < 4.78 is 7.72. The Morgan fingerprint density at radius 3 is 2.95 bits per heavy atom. The van der Waals surface area contributed by atoms with Gasteiger partial charge in [0.05, 0.1) is 17.9 Å². The minimum absolute atomic E-state index is 0.385. The number of hydrogen-bond donors (Lipinski definition) is 1. The third-order valence-corrected chi connectivity index (χ3v) is 3.26. The Balaban J connectivity index is 1.94. The van der Waals surface area contributed by atoms with Gasteiger partial charge < -0.3 is 10.5 Å². The zero-order valence-electron chi connectivity index (χ0n) is 12.0. The summed E-state index contributed by atoms with van der Waals surface area (Å²) in [6.45, 7) is 3.37. The average molecular weight is 282 g/mol. The lowest BCUT2D eigenvalue weighted by Crippen LogP contribution is -2.01. The first-order chi connectivity index (χ1) is 10.3. The number of aryl methyl sites for hydroxylation is 1. The van der Waals surface area contributed by atoms with Crippen LogP contribution in [0.1, 0.15) is 18.9 Å². The highest BCUT2D eigenvalue weighted by Crippen LogP contribution is 2.26. The fourth-order valence-corrected chi connectivity index (χ4v) is 2.24. The molecule has 0 saturated carbocycles. The van der Waals surface area contributed by atoms with Crippen molar-refractivity contribution in [1.82, 2.24) is 14.8 Å². The number of benzene rings is 1. The molecule has 0 aliphatic rings. The molecule has 3 rings (SSSR count). The SMILES string of the molecule is CCCn1cc(Oc2nc3ccccc3cc2CN)cn1. The Hall–Kier alpha value is -2.40. The first-order valence-electron chi connectivity index (χ1n) is 7.09. The lowest BCUT2D eigenvalue weighted by Gasteiger charge is -2.09. The highest BCUT2D eigenvalue weighted by Gasteiger charge is 2.09. The van der Waals surface area contributed by atoms with Crippen molar-refractivity contribution < 1.29 is 4.74 Å². The number of ether oxygens (including phenoxy) is 1. The van der Waals surface area contributed by atoms with E-state index in [0.717, 1.165) is 29.4 Å². The highest BCUT2D eigenvalue weighted by molar-refractivity contribution is 5.80. The molecule has 21 heavy (non-hydrogen) atoms. The maximum Gasteiger partial charge on any atom is 0.224 e. The normalized spacial score (nSPS) is 11.0. The quantitative estimate of drug-likeness (QED) is 0.781. The van der Waals surface area contributed by atoms with Gasteiger partial charge in [-0.05, 0) is 18.6 Å². The standard InChI is InChI=1S/C16H18N4O/c1-2-7-20-11-14(10-18-20)21-16-13(9-17)8-12-5-3-4-6-15(12)19-16/h3-6,8,10-11H,2,7,9,17H2,1H3. The van der Waals surface area contributed by atoms with Gasteiger partial charge in [0.2, 0.25) is 5.88 Å². The van der Waals surface area contributed by atoms with Crippen LogP contribution in [0, 0.1) is 0 Å². The smallest absolute Gasteiger partial charge is 0.224 e. The third kappa shape index (κ3) is 2.87. The van der Waals surface area contributed by atoms with E-state index in [1.165, 1.54) is 0 Å². The van der Waals surface area contributed by atoms with Crippen molar-refractivity contribution in [3.63, 3.8) is 0 Å². The average Bonchev–Trinajstić information content (AvgIpc) is 2.94. The molecule has 1 aromatic carbocycles. The minimum atomic E-state index is 0.385. The van der Waals surface area contributed by atoms with Gasteiger partial charge in [0.25, 0.3) is 0 Å². The summed E-state index contributed by atoms with van der Waals surface area (Å²) in [7, 11) is 0. The van der Waals surface area contributed by atoms with Crippen LogP contribution in [-0.2, 0) is 13.1 Å². The summed E-state index contributed by atoms with van der Waals surface area (Å²) in [4.78, 5) is 4.56. The van der Waals surface area contributed by atoms with Crippen molar-refractivity contribution in [1.29, 1.82) is 0 Å². The van der Waals surface area contributed by atoms with Gasteiger partial charge in [-0.15, -0.1) is 0 Å². The highest BCUT2D eigenvalue weighted by atomic mass is 16.5. The van der Waals surface area contributed by atoms with Crippen molar-refractivity contribution in [2.24, 2.45) is 5.73 Å². The molecular formula is C16H18N4O. The van der Waals surface area contributed by atoms with Crippen LogP contribution >= 0.6 is 0 Å². The van der Waals surface area contributed by atoms with Gasteiger partial charge in [-0.1, -0.05) is 25.1 Å². The molecule has 0 atom stereocenters. The van der Waals surface area contributed by atoms with Crippen LogP contribution in [-0.4, -0.2) is 14.8 Å². The second-order valence-electron chi connectivity index (χ2n) is 4.89. The zero-order valence-corrected chi connectivity index (χ0v) is 12.0. The van der Waals surface area contributed by atoms with E-state index in [4.69, 9.17) is 10.5 Å². The van der Waals surface area contributed by atoms with Gasteiger partial charge in [0.1, 0.15) is 0 Å². The molecule has 5 heteroatoms. The maximum atomic E-state index is 5.86. The molecule has 0 aliphatic carbocycles. The Morgan fingerprint density at radius 1 is 1.29 bits per heavy atom. The van der Waals surface area contributed by atoms with Crippen molar-refractivity contribution in [2.75, 3.05) is 0 Å². The molecule has 0 amide bonds. The van der Waals surface area contributed by atoms with Crippen molar-refractivity contribution in [3.8, 4) is 11.6 Å². The summed E-state index contributed by atoms with van der Waals surface area (Å²) in [5, 5.41) is 5.31. The molecule has 0 bridgehead atoms. The van der Waals surface area contributed by atoms with E-state index in [-0.39, 0.29) is 0 Å². The number of nitrogens with zero attached hydrogens (tertiary/aromatic N) is 3. The molecular weight excluding hydrogens is 264 g/mol. The van der Waals surface area contributed by atoms with Gasteiger partial charge in [-0.2, -0.15) is 5.10 Å². The molecule has 0 fully saturated rings. The lowest BCUT2D eigenvalue weighted by atomic mass is 10.1. The van der Waals surface area contributed by atoms with Gasteiger partial charge in [-0.25, -0.2) is 4.98 Å². The van der Waals surface area contributed by atoms with Gasteiger partial charge in [0, 0.05) is 24.0 Å². The number of rotatable bonds is 5. The first-order valence-corrected chi connectivity index (χ1v) is 7.09. The largest absolute Gasteiger partial charge is 0.435 e. The van der Waals surface area contributed by atoms with Gasteiger partial charge in [0.15, 0.2) is 5.75 Å². The molecule has 2 heterocycles. The second-order valence-corrected chi connectivity index (χ2v) is 4.89. The van der Waals surface area contributed by atoms with Crippen LogP contribution in [0.5, 0.6) is 11.6 Å². The maximum absolute atomic E-state index is 5.86. The van der Waals surface area contributed by atoms with Crippen molar-refractivity contribution in [3.05, 3.63) is 48.3 Å². The van der Waals surface area contributed by atoms with Crippen LogP contribution in [0.2, 0.25) is 0 Å². The van der Waals surface area contributed by atoms with Crippen LogP contribution in [0.4, 0.5) is 0 Å². The monoisotopic (exact) mass is 282 g/mol. The topological polar surface area (TPSA) is 66.0 Å². The molecule has 0 unspecified atom stereocenters. The number of nitrogens with two attached hydrogens (primary N) is 1. The zero-order chi connectivity index (χ0) is 14.7. The number of fused-ring (bicyclic) bond motifs is 1. The molecule has 2 aromatic heterocycles. The Labute approximate surface area is 123 Å². The summed E-state index contributed by atoms with van der Waals surface area (Å²) in [5.41, 5.74) is 7.59. The van der Waals surface area contributed by atoms with Crippen LogP contribution < -0.4 is 10.5 Å². The molecule has 0 saturated heterocycles. The number of para-hydroxylation sites is 1. The number of aromatic nitrogens is 3. The lowest BCUT2D eigenvalue weighted by molar-refractivity contribution is 0.457. The summed E-state index contributed by atoms with van der Waals surface area (Å²) in [6, 6.07) is 9.95. The Morgan fingerprint density at radius 2 is 2.14 bits per heavy atom. The van der Waals surface area contributed by atoms with Gasteiger partial charge >= 0.3 is 0 Å². The predicted octanol–water partition coefficient (Wildman–Crippen LogP) is 3.09. The summed E-state index contributed by atoms with van der Waals surface area (Å²) in [5.74, 6) is 1.23. The van der Waals surface area contributed by atoms with Gasteiger partial charge in [-0.3, -0.25) is 4.68 Å². The second kappa shape index (κ2) is 5.93. The van der Waals surface area contributed by atoms with E-state index >= 15 is 0 Å². The summed E-state index contributed by atoms with van der Waals surface area (Å²) in [6.07, 6.45) is 4.61. The molecule has 0 aliphatic heterocycles. The molecule has 0 radical (unpaired) electrons. The first kappa shape index (κ1) is 13.6. The number of hydrogen-bond acceptors (Lipinski definition) is 4. The fraction of sp³-hybridized carbons (Fsp3) is 0.250. The van der Waals surface area contributed by atoms with E-state index in [2.05, 4.69) is 17.0 Å². The fourth-order valence-electron chi connectivity index (χ4n) is 2.24.